The lowest BCUT2D eigenvalue weighted by atomic mass is 9.97. The molecule has 43 heavy (non-hydrogen) atoms. The normalized spacial score (nSPS) is 19.9. The van der Waals surface area contributed by atoms with E-state index in [4.69, 9.17) is 22.1 Å². The fraction of sp³-hybridized carbons (Fsp3) is 0.452. The van der Waals surface area contributed by atoms with Crippen molar-refractivity contribution in [2.75, 3.05) is 18.8 Å². The Hall–Kier alpha value is -3.33. The minimum atomic E-state index is -0.829. The Kier molecular flexibility index (Phi) is 9.49. The van der Waals surface area contributed by atoms with Crippen LogP contribution in [0.5, 0.6) is 5.88 Å². The van der Waals surface area contributed by atoms with Gasteiger partial charge < -0.3 is 15.5 Å². The van der Waals surface area contributed by atoms with E-state index in [1.807, 2.05) is 19.9 Å². The minimum Gasteiger partial charge on any atom is -0.474 e. The third-order valence-corrected chi connectivity index (χ3v) is 9.45. The summed E-state index contributed by atoms with van der Waals surface area (Å²) >= 11 is 7.40. The lowest BCUT2D eigenvalue weighted by Crippen LogP contribution is -2.22. The zero-order chi connectivity index (χ0) is 30.8. The van der Waals surface area contributed by atoms with E-state index < -0.39 is 23.5 Å². The number of nitrogens with two attached hydrogens (primary N) is 1. The molecule has 1 saturated carbocycles. The van der Waals surface area contributed by atoms with E-state index in [9.17, 15) is 18.8 Å². The average Bonchev–Trinajstić information content (AvgIpc) is 3.77. The number of ether oxygens (including phenoxy) is 1. The number of nitriles is 1. The predicted octanol–water partition coefficient (Wildman–Crippen LogP) is 7.73. The Morgan fingerprint density at radius 1 is 1.21 bits per heavy atom. The van der Waals surface area contributed by atoms with Gasteiger partial charge in [-0.05, 0) is 69.2 Å². The van der Waals surface area contributed by atoms with Gasteiger partial charge in [-0.2, -0.15) is 10.2 Å². The second-order valence-corrected chi connectivity index (χ2v) is 12.2. The van der Waals surface area contributed by atoms with Crippen LogP contribution in [0, 0.1) is 23.0 Å². The number of rotatable bonds is 3. The van der Waals surface area contributed by atoms with Gasteiger partial charge >= 0.3 is 5.69 Å². The van der Waals surface area contributed by atoms with Gasteiger partial charge in [-0.1, -0.05) is 31.5 Å². The van der Waals surface area contributed by atoms with E-state index >= 15 is 4.39 Å². The molecule has 3 fully saturated rings. The lowest BCUT2D eigenvalue weighted by Gasteiger charge is -2.16. The van der Waals surface area contributed by atoms with Crippen LogP contribution in [-0.2, 0) is 0 Å². The Morgan fingerprint density at radius 3 is 2.65 bits per heavy atom. The smallest absolute Gasteiger partial charge is 0.348 e. The number of halogens is 4. The van der Waals surface area contributed by atoms with Gasteiger partial charge in [0.1, 0.15) is 29.2 Å². The first-order valence-corrected chi connectivity index (χ1v) is 15.8. The molecule has 7 rings (SSSR count). The Morgan fingerprint density at radius 2 is 1.95 bits per heavy atom. The fourth-order valence-electron chi connectivity index (χ4n) is 6.23. The molecule has 0 radical (unpaired) electrons. The van der Waals surface area contributed by atoms with Crippen molar-refractivity contribution >= 4 is 48.9 Å². The molecule has 2 aliphatic heterocycles. The molecule has 2 aromatic heterocycles. The molecule has 12 heteroatoms. The van der Waals surface area contributed by atoms with Crippen molar-refractivity contribution in [3.8, 4) is 23.1 Å². The third kappa shape index (κ3) is 6.06. The number of nitrogens with zero attached hydrogens (tertiary/aromatic N) is 3. The summed E-state index contributed by atoms with van der Waals surface area (Å²) in [6, 6.07) is 6.53. The van der Waals surface area contributed by atoms with Crippen molar-refractivity contribution in [2.24, 2.45) is 0 Å². The number of H-pyrrole nitrogens is 1. The molecular formula is C31H33ClF3N5O2S. The van der Waals surface area contributed by atoms with Crippen LogP contribution in [0.25, 0.3) is 32.1 Å². The summed E-state index contributed by atoms with van der Waals surface area (Å²) in [4.78, 5) is 20.7. The Labute approximate surface area is 256 Å². The topological polar surface area (TPSA) is 108 Å². The molecule has 7 nitrogen and oxygen atoms in total. The van der Waals surface area contributed by atoms with E-state index in [-0.39, 0.29) is 59.7 Å². The number of fused-ring (bicyclic) bond motifs is 3. The first-order valence-electron chi connectivity index (χ1n) is 14.6. The molecule has 0 amide bonds. The minimum absolute atomic E-state index is 0.00157. The first kappa shape index (κ1) is 31.1. The van der Waals surface area contributed by atoms with Crippen molar-refractivity contribution in [3.63, 3.8) is 0 Å². The van der Waals surface area contributed by atoms with E-state index in [0.717, 1.165) is 50.0 Å². The molecule has 2 aromatic carbocycles. The molecule has 3 aliphatic rings. The molecule has 1 aliphatic carbocycles. The zero-order valence-corrected chi connectivity index (χ0v) is 25.6. The highest BCUT2D eigenvalue weighted by atomic mass is 35.5. The monoisotopic (exact) mass is 631 g/mol. The van der Waals surface area contributed by atoms with Crippen LogP contribution in [-0.4, -0.2) is 46.3 Å². The van der Waals surface area contributed by atoms with Crippen molar-refractivity contribution in [3.05, 3.63) is 50.9 Å². The molecule has 228 valence electrons. The van der Waals surface area contributed by atoms with E-state index in [2.05, 4.69) is 14.9 Å². The standard InChI is InChI=1S/C22H15ClF2N4O2S.C7H12FN.C2H6/c23-13-7-11-18(28-22(30)29-21(11)31-9-3-1-2-4-9)17(25)16(13)10-5-6-14(24)19-15(10)12(8-26)20(27)32-19;8-6-4-7-2-1-3-9(7)5-6;1-2/h5-7,9H,1-4,27H2,(H,28,29,30);6-7H,1-5H2;1-2H3/t;6-,7?;/m.1./s1. The van der Waals surface area contributed by atoms with Gasteiger partial charge in [0.2, 0.25) is 5.88 Å². The van der Waals surface area contributed by atoms with Gasteiger partial charge in [0.25, 0.3) is 0 Å². The van der Waals surface area contributed by atoms with Gasteiger partial charge in [-0.3, -0.25) is 4.90 Å². The molecule has 4 aromatic rings. The molecule has 2 saturated heterocycles. The van der Waals surface area contributed by atoms with Crippen molar-refractivity contribution in [2.45, 2.75) is 77.1 Å². The second kappa shape index (κ2) is 13.1. The SMILES string of the molecule is CC.F[C@@H]1CC2CCCN2C1.N#Cc1c(N)sc2c(F)ccc(-c3c(Cl)cc4c(OC5CCCC5)nc(=O)[nH]c4c3F)c12. The summed E-state index contributed by atoms with van der Waals surface area (Å²) in [7, 11) is 0. The van der Waals surface area contributed by atoms with Gasteiger partial charge in [0.05, 0.1) is 26.2 Å². The number of benzene rings is 2. The van der Waals surface area contributed by atoms with Crippen LogP contribution in [0.2, 0.25) is 5.02 Å². The summed E-state index contributed by atoms with van der Waals surface area (Å²) in [5.41, 5.74) is 5.17. The van der Waals surface area contributed by atoms with Crippen LogP contribution in [0.1, 0.15) is 64.4 Å². The number of nitrogens with one attached hydrogen (secondary N) is 1. The van der Waals surface area contributed by atoms with Crippen LogP contribution in [0.4, 0.5) is 18.2 Å². The highest BCUT2D eigenvalue weighted by Crippen LogP contribution is 2.45. The summed E-state index contributed by atoms with van der Waals surface area (Å²) in [6.45, 7) is 5.86. The number of hydrogen-bond donors (Lipinski definition) is 2. The van der Waals surface area contributed by atoms with Crippen LogP contribution < -0.4 is 16.2 Å². The second-order valence-electron chi connectivity index (χ2n) is 10.7. The number of thiophene rings is 1. The molecule has 1 unspecified atom stereocenters. The van der Waals surface area contributed by atoms with Gasteiger partial charge in [0, 0.05) is 23.5 Å². The zero-order valence-electron chi connectivity index (χ0n) is 24.0. The largest absolute Gasteiger partial charge is 0.474 e. The molecule has 0 bridgehead atoms. The highest BCUT2D eigenvalue weighted by molar-refractivity contribution is 7.23. The number of anilines is 1. The molecule has 3 N–H and O–H groups in total. The number of aromatic amines is 1. The van der Waals surface area contributed by atoms with E-state index in [1.54, 1.807) is 0 Å². The molecular weight excluding hydrogens is 599 g/mol. The average molecular weight is 632 g/mol. The highest BCUT2D eigenvalue weighted by Gasteiger charge is 2.34. The number of alkyl halides is 1. The van der Waals surface area contributed by atoms with Crippen molar-refractivity contribution < 1.29 is 17.9 Å². The number of aromatic nitrogens is 2. The Balaban J connectivity index is 0.000000281. The van der Waals surface area contributed by atoms with Crippen molar-refractivity contribution in [1.82, 2.24) is 14.9 Å². The molecule has 0 spiro atoms. The van der Waals surface area contributed by atoms with Gasteiger partial charge in [-0.25, -0.2) is 18.0 Å². The van der Waals surface area contributed by atoms with Crippen LogP contribution in [0.3, 0.4) is 0 Å². The van der Waals surface area contributed by atoms with Crippen LogP contribution in [0.15, 0.2) is 23.0 Å². The first-order chi connectivity index (χ1) is 20.7. The maximum atomic E-state index is 15.8. The van der Waals surface area contributed by atoms with Crippen LogP contribution >= 0.6 is 22.9 Å². The molecule has 4 heterocycles. The van der Waals surface area contributed by atoms with E-state index in [1.165, 1.54) is 31.0 Å². The summed E-state index contributed by atoms with van der Waals surface area (Å²) < 4.78 is 48.8. The number of nitrogen functional groups attached to an aromatic ring is 1. The third-order valence-electron chi connectivity index (χ3n) is 8.12. The molecule has 2 atom stereocenters. The summed E-state index contributed by atoms with van der Waals surface area (Å²) in [6.07, 6.45) is 6.39. The predicted molar refractivity (Wildman–Crippen MR) is 166 cm³/mol. The quantitative estimate of drug-likeness (QED) is 0.240. The Bertz CT molecular complexity index is 1740. The summed E-state index contributed by atoms with van der Waals surface area (Å²) in [5.74, 6) is -1.39. The van der Waals surface area contributed by atoms with Gasteiger partial charge in [0.15, 0.2) is 5.82 Å². The maximum absolute atomic E-state index is 15.8. The maximum Gasteiger partial charge on any atom is 0.348 e. The number of hydrogen-bond acceptors (Lipinski definition) is 7. The van der Waals surface area contributed by atoms with Gasteiger partial charge in [-0.15, -0.1) is 11.3 Å². The van der Waals surface area contributed by atoms with E-state index in [0.29, 0.717) is 12.6 Å². The van der Waals surface area contributed by atoms with Crippen molar-refractivity contribution in [1.29, 1.82) is 5.26 Å². The lowest BCUT2D eigenvalue weighted by molar-refractivity contribution is 0.203. The summed E-state index contributed by atoms with van der Waals surface area (Å²) in [5, 5.41) is 10.1. The fourth-order valence-corrected chi connectivity index (χ4v) is 7.48.